The fourth-order valence-electron chi connectivity index (χ4n) is 5.98. The first-order valence-corrected chi connectivity index (χ1v) is 13.1. The Hall–Kier alpha value is -4.06. The maximum atomic E-state index is 13.2. The van der Waals surface area contributed by atoms with Gasteiger partial charge in [-0.15, -0.1) is 0 Å². The number of hydrogen-bond acceptors (Lipinski definition) is 3. The molecule has 0 saturated heterocycles. The lowest BCUT2D eigenvalue weighted by Crippen LogP contribution is -2.23. The number of rotatable bonds is 5. The SMILES string of the molecule is O=C(O)c1cccc(CNC(=O)c2ccc3c(C4CCCCC4)c4n(c3c2)CCOc2ccccc2-4)c1. The van der Waals surface area contributed by atoms with Gasteiger partial charge >= 0.3 is 5.97 Å². The van der Waals surface area contributed by atoms with Gasteiger partial charge in [-0.3, -0.25) is 4.79 Å². The Balaban J connectivity index is 1.39. The molecular weight excluding hydrogens is 464 g/mol. The van der Waals surface area contributed by atoms with Crippen LogP contribution in [0.2, 0.25) is 0 Å². The fraction of sp³-hybridized carbons (Fsp3) is 0.290. The predicted molar refractivity (Wildman–Crippen MR) is 143 cm³/mol. The molecule has 1 aliphatic carbocycles. The maximum absolute atomic E-state index is 13.2. The van der Waals surface area contributed by atoms with Crippen LogP contribution in [0.25, 0.3) is 22.2 Å². The van der Waals surface area contributed by atoms with Gasteiger partial charge in [0.1, 0.15) is 12.4 Å². The number of carboxylic acid groups (broad SMARTS) is 1. The second-order valence-electron chi connectivity index (χ2n) is 10.0. The third-order valence-electron chi connectivity index (χ3n) is 7.72. The van der Waals surface area contributed by atoms with Crippen molar-refractivity contribution in [1.82, 2.24) is 9.88 Å². The lowest BCUT2D eigenvalue weighted by molar-refractivity contribution is 0.0696. The van der Waals surface area contributed by atoms with Crippen LogP contribution < -0.4 is 10.1 Å². The zero-order chi connectivity index (χ0) is 25.4. The molecule has 6 rings (SSSR count). The topological polar surface area (TPSA) is 80.6 Å². The smallest absolute Gasteiger partial charge is 0.335 e. The van der Waals surface area contributed by atoms with Gasteiger partial charge in [-0.05, 0) is 66.3 Å². The second kappa shape index (κ2) is 9.77. The van der Waals surface area contributed by atoms with E-state index in [2.05, 4.69) is 28.1 Å². The molecule has 1 aromatic heterocycles. The molecule has 6 heteroatoms. The van der Waals surface area contributed by atoms with Crippen LogP contribution in [0.15, 0.2) is 66.7 Å². The molecule has 1 fully saturated rings. The third-order valence-corrected chi connectivity index (χ3v) is 7.72. The van der Waals surface area contributed by atoms with Crippen LogP contribution >= 0.6 is 0 Å². The van der Waals surface area contributed by atoms with Gasteiger partial charge in [0.15, 0.2) is 0 Å². The molecule has 4 aromatic rings. The number of amides is 1. The van der Waals surface area contributed by atoms with Crippen LogP contribution in [0, 0.1) is 0 Å². The minimum Gasteiger partial charge on any atom is -0.491 e. The maximum Gasteiger partial charge on any atom is 0.335 e. The first-order chi connectivity index (χ1) is 18.1. The average molecular weight is 495 g/mol. The average Bonchev–Trinajstić information content (AvgIpc) is 3.13. The zero-order valence-corrected chi connectivity index (χ0v) is 20.7. The summed E-state index contributed by atoms with van der Waals surface area (Å²) in [5, 5.41) is 13.4. The lowest BCUT2D eigenvalue weighted by atomic mass is 9.81. The van der Waals surface area contributed by atoms with Crippen molar-refractivity contribution in [1.29, 1.82) is 0 Å². The molecule has 188 valence electrons. The van der Waals surface area contributed by atoms with Crippen LogP contribution in [0.1, 0.15) is 69.9 Å². The molecule has 37 heavy (non-hydrogen) atoms. The van der Waals surface area contributed by atoms with E-state index >= 15 is 0 Å². The van der Waals surface area contributed by atoms with E-state index in [4.69, 9.17) is 4.74 Å². The first kappa shape index (κ1) is 23.3. The summed E-state index contributed by atoms with van der Waals surface area (Å²) in [7, 11) is 0. The van der Waals surface area contributed by atoms with Crippen molar-refractivity contribution < 1.29 is 19.4 Å². The molecule has 0 atom stereocenters. The molecule has 0 spiro atoms. The highest BCUT2D eigenvalue weighted by Crippen LogP contribution is 2.47. The Morgan fingerprint density at radius 3 is 2.62 bits per heavy atom. The Bertz CT molecular complexity index is 1500. The van der Waals surface area contributed by atoms with Crippen molar-refractivity contribution in [2.75, 3.05) is 6.61 Å². The normalized spacial score (nSPS) is 15.4. The van der Waals surface area contributed by atoms with Gasteiger partial charge in [-0.1, -0.05) is 49.6 Å². The number of ether oxygens (including phenoxy) is 1. The van der Waals surface area contributed by atoms with E-state index < -0.39 is 5.97 Å². The second-order valence-corrected chi connectivity index (χ2v) is 10.0. The van der Waals surface area contributed by atoms with Crippen molar-refractivity contribution in [3.05, 3.63) is 89.0 Å². The Labute approximate surface area is 215 Å². The largest absolute Gasteiger partial charge is 0.491 e. The summed E-state index contributed by atoms with van der Waals surface area (Å²) in [6.45, 7) is 1.56. The quantitative estimate of drug-likeness (QED) is 0.338. The molecule has 1 amide bonds. The monoisotopic (exact) mass is 494 g/mol. The zero-order valence-electron chi connectivity index (χ0n) is 20.7. The van der Waals surface area contributed by atoms with Gasteiger partial charge in [0, 0.05) is 28.6 Å². The standard InChI is InChI=1S/C31H30N2O4/c34-30(32-19-20-7-6-10-23(17-20)31(35)36)22-13-14-24-26(18-22)33-15-16-37-27-12-5-4-11-25(27)29(33)28(24)21-8-2-1-3-9-21/h4-7,10-14,17-18,21H,1-3,8-9,15-16,19H2,(H,32,34)(H,35,36). The number of para-hydroxylation sites is 1. The number of carbonyl (C=O) groups excluding carboxylic acids is 1. The molecular formula is C31H30N2O4. The lowest BCUT2D eigenvalue weighted by Gasteiger charge is -2.23. The van der Waals surface area contributed by atoms with Crippen molar-refractivity contribution in [2.45, 2.75) is 51.1 Å². The summed E-state index contributed by atoms with van der Waals surface area (Å²) in [5.41, 5.74) is 6.37. The number of carboxylic acids is 1. The summed E-state index contributed by atoms with van der Waals surface area (Å²) in [6.07, 6.45) is 6.17. The van der Waals surface area contributed by atoms with Crippen LogP contribution in [0.3, 0.4) is 0 Å². The van der Waals surface area contributed by atoms with Crippen molar-refractivity contribution >= 4 is 22.8 Å². The van der Waals surface area contributed by atoms with Gasteiger partial charge in [0.2, 0.25) is 0 Å². The summed E-state index contributed by atoms with van der Waals surface area (Å²) in [4.78, 5) is 24.4. The third kappa shape index (κ3) is 4.37. The Morgan fingerprint density at radius 2 is 1.78 bits per heavy atom. The molecule has 0 radical (unpaired) electrons. The van der Waals surface area contributed by atoms with E-state index in [1.54, 1.807) is 18.2 Å². The number of nitrogens with zero attached hydrogens (tertiary/aromatic N) is 1. The highest BCUT2D eigenvalue weighted by Gasteiger charge is 2.29. The van der Waals surface area contributed by atoms with E-state index in [1.165, 1.54) is 48.7 Å². The molecule has 2 N–H and O–H groups in total. The van der Waals surface area contributed by atoms with Crippen molar-refractivity contribution in [2.24, 2.45) is 0 Å². The van der Waals surface area contributed by atoms with Gasteiger partial charge in [-0.2, -0.15) is 0 Å². The summed E-state index contributed by atoms with van der Waals surface area (Å²) >= 11 is 0. The molecule has 2 aliphatic rings. The van der Waals surface area contributed by atoms with E-state index in [9.17, 15) is 14.7 Å². The van der Waals surface area contributed by atoms with Crippen LogP contribution in [0.5, 0.6) is 5.75 Å². The minimum atomic E-state index is -0.980. The molecule has 0 unspecified atom stereocenters. The van der Waals surface area contributed by atoms with E-state index in [1.807, 2.05) is 30.3 Å². The van der Waals surface area contributed by atoms with Crippen molar-refractivity contribution in [3.63, 3.8) is 0 Å². The van der Waals surface area contributed by atoms with Crippen molar-refractivity contribution in [3.8, 4) is 17.0 Å². The van der Waals surface area contributed by atoms with Gasteiger partial charge in [0.05, 0.1) is 17.8 Å². The predicted octanol–water partition coefficient (Wildman–Crippen LogP) is 6.38. The molecule has 0 bridgehead atoms. The molecule has 2 heterocycles. The molecule has 1 saturated carbocycles. The highest BCUT2D eigenvalue weighted by molar-refractivity contribution is 6.01. The number of fused-ring (bicyclic) bond motifs is 5. The fourth-order valence-corrected chi connectivity index (χ4v) is 5.98. The Morgan fingerprint density at radius 1 is 0.946 bits per heavy atom. The van der Waals surface area contributed by atoms with E-state index in [-0.39, 0.29) is 18.0 Å². The number of carbonyl (C=O) groups is 2. The number of aromatic carboxylic acids is 1. The van der Waals surface area contributed by atoms with E-state index in [0.29, 0.717) is 18.1 Å². The van der Waals surface area contributed by atoms with Crippen LogP contribution in [-0.2, 0) is 13.1 Å². The van der Waals surface area contributed by atoms with Gasteiger partial charge in [0.25, 0.3) is 5.91 Å². The molecule has 1 aliphatic heterocycles. The first-order valence-electron chi connectivity index (χ1n) is 13.1. The summed E-state index contributed by atoms with van der Waals surface area (Å²) in [6, 6.07) is 21.0. The van der Waals surface area contributed by atoms with E-state index in [0.717, 1.165) is 28.9 Å². The number of benzene rings is 3. The highest BCUT2D eigenvalue weighted by atomic mass is 16.5. The number of nitrogens with one attached hydrogen (secondary N) is 1. The van der Waals surface area contributed by atoms with Crippen LogP contribution in [0.4, 0.5) is 0 Å². The molecule has 3 aromatic carbocycles. The van der Waals surface area contributed by atoms with Gasteiger partial charge < -0.3 is 19.7 Å². The Kier molecular flexibility index (Phi) is 6.16. The summed E-state index contributed by atoms with van der Waals surface area (Å²) < 4.78 is 8.48. The molecule has 6 nitrogen and oxygen atoms in total. The number of hydrogen-bond donors (Lipinski definition) is 2. The summed E-state index contributed by atoms with van der Waals surface area (Å²) in [5.74, 6) is 0.261. The van der Waals surface area contributed by atoms with Crippen LogP contribution in [-0.4, -0.2) is 28.2 Å². The minimum absolute atomic E-state index is 0.178. The van der Waals surface area contributed by atoms with Gasteiger partial charge in [-0.25, -0.2) is 4.79 Å². The number of aromatic nitrogens is 1.